The van der Waals surface area contributed by atoms with Crippen LogP contribution >= 0.6 is 11.3 Å². The van der Waals surface area contributed by atoms with Crippen LogP contribution in [0.5, 0.6) is 0 Å². The Morgan fingerprint density at radius 1 is 0.574 bits per heavy atom. The van der Waals surface area contributed by atoms with Gasteiger partial charge in [0.05, 0.1) is 26.9 Å². The van der Waals surface area contributed by atoms with Gasteiger partial charge in [0.15, 0.2) is 0 Å². The largest absolute Gasteiger partial charge is 0.277 e. The number of benzene rings is 6. The minimum Gasteiger partial charge on any atom is -0.277 e. The van der Waals surface area contributed by atoms with Crippen LogP contribution in [0, 0.1) is 0 Å². The molecule has 0 amide bonds. The minimum absolute atomic E-state index is 0.112. The fourth-order valence-electron chi connectivity index (χ4n) is 7.80. The lowest BCUT2D eigenvalue weighted by atomic mass is 9.82. The maximum absolute atomic E-state index is 5.52. The summed E-state index contributed by atoms with van der Waals surface area (Å²) in [6.07, 6.45) is 0. The third-order valence-electron chi connectivity index (χ3n) is 10.0. The molecule has 0 atom stereocenters. The van der Waals surface area contributed by atoms with Crippen molar-refractivity contribution in [2.75, 3.05) is 0 Å². The third-order valence-corrected chi connectivity index (χ3v) is 11.2. The highest BCUT2D eigenvalue weighted by Crippen LogP contribution is 2.53. The zero-order chi connectivity index (χ0) is 31.3. The lowest BCUT2D eigenvalue weighted by molar-refractivity contribution is 0.661. The first-order valence-electron chi connectivity index (χ1n) is 16.1. The number of hydrogen-bond donors (Lipinski definition) is 0. The summed E-state index contributed by atoms with van der Waals surface area (Å²) in [6, 6.07) is 50.2. The second-order valence-corrected chi connectivity index (χ2v) is 14.1. The molecule has 1 aliphatic rings. The Hall–Kier alpha value is -5.58. The molecule has 4 heteroatoms. The fraction of sp³-hybridized carbons (Fsp3) is 0.0698. The predicted octanol–water partition coefficient (Wildman–Crippen LogP) is 11.6. The molecule has 6 aromatic carbocycles. The van der Waals surface area contributed by atoms with Gasteiger partial charge in [-0.25, -0.2) is 9.97 Å². The van der Waals surface area contributed by atoms with Crippen molar-refractivity contribution in [3.63, 3.8) is 0 Å². The van der Waals surface area contributed by atoms with E-state index in [1.54, 1.807) is 11.3 Å². The van der Waals surface area contributed by atoms with E-state index in [0.29, 0.717) is 5.95 Å². The zero-order valence-corrected chi connectivity index (χ0v) is 26.8. The highest BCUT2D eigenvalue weighted by atomic mass is 32.1. The van der Waals surface area contributed by atoms with Crippen molar-refractivity contribution >= 4 is 53.4 Å². The van der Waals surface area contributed by atoms with Crippen molar-refractivity contribution in [3.05, 3.63) is 151 Å². The van der Waals surface area contributed by atoms with Gasteiger partial charge < -0.3 is 0 Å². The van der Waals surface area contributed by atoms with E-state index in [0.717, 1.165) is 32.4 Å². The number of rotatable bonds is 3. The smallest absolute Gasteiger partial charge is 0.235 e. The van der Waals surface area contributed by atoms with Crippen molar-refractivity contribution in [2.24, 2.45) is 0 Å². The number of aromatic nitrogens is 3. The van der Waals surface area contributed by atoms with E-state index in [4.69, 9.17) is 9.97 Å². The zero-order valence-electron chi connectivity index (χ0n) is 26.0. The van der Waals surface area contributed by atoms with Gasteiger partial charge in [-0.2, -0.15) is 0 Å². The van der Waals surface area contributed by atoms with Crippen molar-refractivity contribution in [3.8, 4) is 39.5 Å². The summed E-state index contributed by atoms with van der Waals surface area (Å²) in [5, 5.41) is 3.59. The van der Waals surface area contributed by atoms with Gasteiger partial charge in [0, 0.05) is 37.4 Å². The number of fused-ring (bicyclic) bond motifs is 10. The first-order chi connectivity index (χ1) is 23.1. The molecular formula is C43H29N3S. The normalized spacial score (nSPS) is 13.5. The third kappa shape index (κ3) is 3.73. The Bertz CT molecular complexity index is 2710. The van der Waals surface area contributed by atoms with Gasteiger partial charge in [-0.1, -0.05) is 135 Å². The maximum Gasteiger partial charge on any atom is 0.235 e. The molecule has 0 spiro atoms. The summed E-state index contributed by atoms with van der Waals surface area (Å²) in [6.45, 7) is 4.68. The monoisotopic (exact) mass is 619 g/mol. The second kappa shape index (κ2) is 9.71. The van der Waals surface area contributed by atoms with Crippen LogP contribution in [0.25, 0.3) is 81.6 Å². The average Bonchev–Trinajstić information content (AvgIpc) is 3.74. The standard InChI is InChI=1S/C43H29N3S/c1-43(2)33-20-9-6-18-31(33)37-34(43)24-23-30-29-17-7-10-21-35(29)46(40(30)37)42-44-38(41-39(45-42)32-19-8-11-22-36(32)47-41)28-16-12-15-27(25-28)26-13-4-3-5-14-26/h3-25H,1-2H3. The molecule has 0 saturated heterocycles. The van der Waals surface area contributed by atoms with Crippen LogP contribution < -0.4 is 0 Å². The highest BCUT2D eigenvalue weighted by molar-refractivity contribution is 7.26. The van der Waals surface area contributed by atoms with Gasteiger partial charge >= 0.3 is 0 Å². The molecule has 0 aliphatic heterocycles. The van der Waals surface area contributed by atoms with Crippen molar-refractivity contribution in [1.82, 2.24) is 14.5 Å². The molecule has 0 unspecified atom stereocenters. The molecule has 0 bridgehead atoms. The van der Waals surface area contributed by atoms with Gasteiger partial charge in [0.2, 0.25) is 5.95 Å². The van der Waals surface area contributed by atoms with Gasteiger partial charge in [-0.3, -0.25) is 4.57 Å². The van der Waals surface area contributed by atoms with Crippen LogP contribution in [-0.4, -0.2) is 14.5 Å². The van der Waals surface area contributed by atoms with Gasteiger partial charge in [-0.15, -0.1) is 11.3 Å². The van der Waals surface area contributed by atoms with Gasteiger partial charge in [0.25, 0.3) is 0 Å². The summed E-state index contributed by atoms with van der Waals surface area (Å²) in [5.41, 5.74) is 12.9. The maximum atomic E-state index is 5.52. The molecule has 1 aliphatic carbocycles. The summed E-state index contributed by atoms with van der Waals surface area (Å²) in [5.74, 6) is 0.697. The van der Waals surface area contributed by atoms with E-state index in [-0.39, 0.29) is 5.41 Å². The number of hydrogen-bond acceptors (Lipinski definition) is 3. The molecule has 222 valence electrons. The number of para-hydroxylation sites is 1. The Labute approximate surface area is 276 Å². The lowest BCUT2D eigenvalue weighted by Gasteiger charge is -2.21. The van der Waals surface area contributed by atoms with Crippen molar-refractivity contribution in [1.29, 1.82) is 0 Å². The first kappa shape index (κ1) is 26.6. The van der Waals surface area contributed by atoms with E-state index in [1.807, 2.05) is 0 Å². The average molecular weight is 620 g/mol. The molecule has 0 fully saturated rings. The number of nitrogens with zero attached hydrogens (tertiary/aromatic N) is 3. The Kier molecular flexibility index (Phi) is 5.50. The molecule has 0 N–H and O–H groups in total. The topological polar surface area (TPSA) is 30.7 Å². The van der Waals surface area contributed by atoms with Crippen LogP contribution in [0.4, 0.5) is 0 Å². The fourth-order valence-corrected chi connectivity index (χ4v) is 8.96. The molecule has 0 saturated carbocycles. The van der Waals surface area contributed by atoms with Crippen LogP contribution in [0.2, 0.25) is 0 Å². The SMILES string of the molecule is CC1(C)c2ccccc2-c2c1ccc1c3ccccc3n(-c3nc(-c4cccc(-c5ccccc5)c4)c4sc5ccccc5c4n3)c21. The minimum atomic E-state index is -0.112. The van der Waals surface area contributed by atoms with Crippen LogP contribution in [0.1, 0.15) is 25.0 Å². The Morgan fingerprint density at radius 3 is 2.19 bits per heavy atom. The molecule has 0 radical (unpaired) electrons. The highest BCUT2D eigenvalue weighted by Gasteiger charge is 2.37. The van der Waals surface area contributed by atoms with E-state index >= 15 is 0 Å². The van der Waals surface area contributed by atoms with Gasteiger partial charge in [-0.05, 0) is 46.0 Å². The molecular weight excluding hydrogens is 591 g/mol. The van der Waals surface area contributed by atoms with E-state index in [1.165, 1.54) is 54.4 Å². The Balaban J connectivity index is 1.34. The molecule has 3 aromatic heterocycles. The van der Waals surface area contributed by atoms with Gasteiger partial charge in [0.1, 0.15) is 0 Å². The van der Waals surface area contributed by atoms with Crippen LogP contribution in [-0.2, 0) is 5.41 Å². The summed E-state index contributed by atoms with van der Waals surface area (Å²) in [7, 11) is 0. The Morgan fingerprint density at radius 2 is 1.30 bits per heavy atom. The summed E-state index contributed by atoms with van der Waals surface area (Å²) in [4.78, 5) is 11.0. The van der Waals surface area contributed by atoms with Crippen molar-refractivity contribution in [2.45, 2.75) is 19.3 Å². The molecule has 3 heterocycles. The predicted molar refractivity (Wildman–Crippen MR) is 198 cm³/mol. The van der Waals surface area contributed by atoms with Crippen molar-refractivity contribution < 1.29 is 0 Å². The summed E-state index contributed by atoms with van der Waals surface area (Å²) < 4.78 is 4.66. The molecule has 10 rings (SSSR count). The molecule has 47 heavy (non-hydrogen) atoms. The second-order valence-electron chi connectivity index (χ2n) is 13.0. The van der Waals surface area contributed by atoms with E-state index < -0.39 is 0 Å². The molecule has 9 aromatic rings. The lowest BCUT2D eigenvalue weighted by Crippen LogP contribution is -2.14. The number of thiophene rings is 1. The van der Waals surface area contributed by atoms with E-state index in [2.05, 4.69) is 158 Å². The molecule has 3 nitrogen and oxygen atoms in total. The van der Waals surface area contributed by atoms with E-state index in [9.17, 15) is 0 Å². The first-order valence-corrected chi connectivity index (χ1v) is 16.9. The summed E-state index contributed by atoms with van der Waals surface area (Å²) >= 11 is 1.77. The van der Waals surface area contributed by atoms with Crippen LogP contribution in [0.3, 0.4) is 0 Å². The van der Waals surface area contributed by atoms with Crippen LogP contribution in [0.15, 0.2) is 140 Å². The quantitative estimate of drug-likeness (QED) is 0.197.